The van der Waals surface area contributed by atoms with Crippen molar-refractivity contribution in [3.63, 3.8) is 0 Å². The third-order valence-corrected chi connectivity index (χ3v) is 6.57. The van der Waals surface area contributed by atoms with Gasteiger partial charge in [-0.1, -0.05) is 48.5 Å². The van der Waals surface area contributed by atoms with E-state index in [9.17, 15) is 0 Å². The maximum absolute atomic E-state index is 5.08. The van der Waals surface area contributed by atoms with Crippen LogP contribution >= 0.6 is 0 Å². The second-order valence-electron chi connectivity index (χ2n) is 8.72. The zero-order valence-electron chi connectivity index (χ0n) is 18.0. The maximum Gasteiger partial charge on any atom is 0.220 e. The van der Waals surface area contributed by atoms with Gasteiger partial charge in [-0.15, -0.1) is 0 Å². The molecule has 0 aliphatic carbocycles. The molecule has 0 unspecified atom stereocenters. The molecule has 0 saturated heterocycles. The third kappa shape index (κ3) is 2.14. The fourth-order valence-electron chi connectivity index (χ4n) is 5.35. The van der Waals surface area contributed by atoms with Crippen LogP contribution in [0.5, 0.6) is 0 Å². The van der Waals surface area contributed by atoms with Crippen molar-refractivity contribution < 1.29 is 0 Å². The van der Waals surface area contributed by atoms with Gasteiger partial charge in [0.25, 0.3) is 0 Å². The maximum atomic E-state index is 5.08. The molecule has 7 aromatic rings. The quantitative estimate of drug-likeness (QED) is 0.296. The Hall–Kier alpha value is -4.05. The standard InChI is InChI=1S/C28H22N4/c1-18(2)30-22-14-8-6-12-20(22)26-24(30)16-17-25-27(26)32-23-15-9-7-13-21(23)29-28(32)31(25)19-10-4-3-5-11-19/h3-18H,1-2H3. The molecule has 3 heterocycles. The molecule has 32 heavy (non-hydrogen) atoms. The number of imidazole rings is 2. The predicted octanol–water partition coefficient (Wildman–Crippen LogP) is 7.12. The SMILES string of the molecule is CC(C)n1c2ccccc2c2c1ccc1c2n2c3ccccc3nc2n1-c1ccccc1. The molecule has 0 N–H and O–H groups in total. The molecule has 3 aromatic heterocycles. The van der Waals surface area contributed by atoms with Crippen LogP contribution < -0.4 is 0 Å². The molecule has 4 aromatic carbocycles. The van der Waals surface area contributed by atoms with Crippen LogP contribution in [-0.4, -0.2) is 18.5 Å². The Morgan fingerprint density at radius 1 is 0.656 bits per heavy atom. The Kier molecular flexibility index (Phi) is 3.43. The van der Waals surface area contributed by atoms with Crippen LogP contribution in [0.1, 0.15) is 19.9 Å². The van der Waals surface area contributed by atoms with E-state index in [1.165, 1.54) is 32.8 Å². The van der Waals surface area contributed by atoms with Crippen LogP contribution in [0, 0.1) is 0 Å². The van der Waals surface area contributed by atoms with Gasteiger partial charge < -0.3 is 4.57 Å². The van der Waals surface area contributed by atoms with Gasteiger partial charge in [0, 0.05) is 28.0 Å². The molecule has 0 amide bonds. The number of nitrogens with zero attached hydrogens (tertiary/aromatic N) is 4. The molecule has 0 saturated carbocycles. The fourth-order valence-corrected chi connectivity index (χ4v) is 5.35. The smallest absolute Gasteiger partial charge is 0.220 e. The van der Waals surface area contributed by atoms with E-state index in [0.29, 0.717) is 6.04 Å². The van der Waals surface area contributed by atoms with Gasteiger partial charge in [-0.25, -0.2) is 4.98 Å². The van der Waals surface area contributed by atoms with Crippen molar-refractivity contribution >= 4 is 49.7 Å². The number of fused-ring (bicyclic) bond motifs is 9. The Labute approximate surface area is 184 Å². The predicted molar refractivity (Wildman–Crippen MR) is 133 cm³/mol. The molecule has 4 nitrogen and oxygen atoms in total. The molecular weight excluding hydrogens is 392 g/mol. The first-order chi connectivity index (χ1) is 15.7. The van der Waals surface area contributed by atoms with Gasteiger partial charge in [0.05, 0.1) is 27.6 Å². The molecular formula is C28H22N4. The van der Waals surface area contributed by atoms with Crippen molar-refractivity contribution in [2.75, 3.05) is 0 Å². The van der Waals surface area contributed by atoms with E-state index in [4.69, 9.17) is 4.98 Å². The molecule has 0 aliphatic rings. The van der Waals surface area contributed by atoms with Crippen molar-refractivity contribution in [2.24, 2.45) is 0 Å². The highest BCUT2D eigenvalue weighted by Crippen LogP contribution is 2.39. The fraction of sp³-hybridized carbons (Fsp3) is 0.107. The van der Waals surface area contributed by atoms with Gasteiger partial charge >= 0.3 is 0 Å². The molecule has 0 atom stereocenters. The summed E-state index contributed by atoms with van der Waals surface area (Å²) in [6.45, 7) is 4.51. The summed E-state index contributed by atoms with van der Waals surface area (Å²) < 4.78 is 7.09. The Balaban J connectivity index is 1.82. The molecule has 0 fully saturated rings. The highest BCUT2D eigenvalue weighted by molar-refractivity contribution is 6.20. The lowest BCUT2D eigenvalue weighted by molar-refractivity contribution is 0.642. The van der Waals surface area contributed by atoms with Gasteiger partial charge in [0.1, 0.15) is 0 Å². The number of para-hydroxylation sites is 4. The van der Waals surface area contributed by atoms with Gasteiger partial charge in [0.15, 0.2) is 0 Å². The lowest BCUT2D eigenvalue weighted by Gasteiger charge is -2.11. The second-order valence-corrected chi connectivity index (χ2v) is 8.72. The molecule has 0 spiro atoms. The first-order valence-electron chi connectivity index (χ1n) is 11.1. The second kappa shape index (κ2) is 6.24. The summed E-state index contributed by atoms with van der Waals surface area (Å²) in [5.41, 5.74) is 8.19. The lowest BCUT2D eigenvalue weighted by Crippen LogP contribution is -1.99. The highest BCUT2D eigenvalue weighted by atomic mass is 15.2. The first kappa shape index (κ1) is 17.6. The molecule has 7 rings (SSSR count). The monoisotopic (exact) mass is 414 g/mol. The van der Waals surface area contributed by atoms with E-state index < -0.39 is 0 Å². The molecule has 4 heteroatoms. The topological polar surface area (TPSA) is 27.2 Å². The normalized spacial score (nSPS) is 12.3. The number of hydrogen-bond acceptors (Lipinski definition) is 1. The van der Waals surface area contributed by atoms with E-state index in [0.717, 1.165) is 22.5 Å². The summed E-state index contributed by atoms with van der Waals surface area (Å²) >= 11 is 0. The molecule has 0 radical (unpaired) electrons. The van der Waals surface area contributed by atoms with Gasteiger partial charge in [0.2, 0.25) is 5.78 Å². The average molecular weight is 415 g/mol. The molecule has 154 valence electrons. The average Bonchev–Trinajstić information content (AvgIpc) is 3.45. The van der Waals surface area contributed by atoms with Gasteiger partial charge in [-0.05, 0) is 56.3 Å². The van der Waals surface area contributed by atoms with Crippen LogP contribution in [0.2, 0.25) is 0 Å². The highest BCUT2D eigenvalue weighted by Gasteiger charge is 2.22. The third-order valence-electron chi connectivity index (χ3n) is 6.57. The minimum Gasteiger partial charge on any atom is -0.338 e. The van der Waals surface area contributed by atoms with Gasteiger partial charge in [-0.2, -0.15) is 0 Å². The summed E-state index contributed by atoms with van der Waals surface area (Å²) in [5, 5.41) is 2.57. The zero-order valence-corrected chi connectivity index (χ0v) is 18.0. The van der Waals surface area contributed by atoms with Crippen molar-refractivity contribution in [3.05, 3.63) is 91.0 Å². The minimum atomic E-state index is 0.362. The van der Waals surface area contributed by atoms with Crippen LogP contribution in [0.3, 0.4) is 0 Å². The van der Waals surface area contributed by atoms with Crippen LogP contribution in [0.15, 0.2) is 91.0 Å². The molecule has 0 aliphatic heterocycles. The summed E-state index contributed by atoms with van der Waals surface area (Å²) in [6.07, 6.45) is 0. The van der Waals surface area contributed by atoms with E-state index in [2.05, 4.69) is 118 Å². The van der Waals surface area contributed by atoms with E-state index >= 15 is 0 Å². The van der Waals surface area contributed by atoms with E-state index in [-0.39, 0.29) is 0 Å². The van der Waals surface area contributed by atoms with Crippen molar-refractivity contribution in [1.82, 2.24) is 18.5 Å². The van der Waals surface area contributed by atoms with Crippen LogP contribution in [0.4, 0.5) is 0 Å². The van der Waals surface area contributed by atoms with Crippen molar-refractivity contribution in [2.45, 2.75) is 19.9 Å². The Bertz CT molecular complexity index is 1800. The summed E-state index contributed by atoms with van der Waals surface area (Å²) in [5.74, 6) is 0.946. The van der Waals surface area contributed by atoms with Crippen molar-refractivity contribution in [1.29, 1.82) is 0 Å². The minimum absolute atomic E-state index is 0.362. The van der Waals surface area contributed by atoms with Crippen LogP contribution in [0.25, 0.3) is 55.3 Å². The number of rotatable bonds is 2. The largest absolute Gasteiger partial charge is 0.338 e. The van der Waals surface area contributed by atoms with Gasteiger partial charge in [-0.3, -0.25) is 8.97 Å². The number of hydrogen-bond donors (Lipinski definition) is 0. The van der Waals surface area contributed by atoms with Crippen LogP contribution in [-0.2, 0) is 0 Å². The first-order valence-corrected chi connectivity index (χ1v) is 11.1. The Morgan fingerprint density at radius 3 is 2.16 bits per heavy atom. The number of benzene rings is 4. The van der Waals surface area contributed by atoms with E-state index in [1.54, 1.807) is 0 Å². The Morgan fingerprint density at radius 2 is 1.34 bits per heavy atom. The lowest BCUT2D eigenvalue weighted by atomic mass is 10.1. The number of aromatic nitrogens is 4. The van der Waals surface area contributed by atoms with E-state index in [1.807, 2.05) is 0 Å². The molecule has 0 bridgehead atoms. The van der Waals surface area contributed by atoms with Crippen molar-refractivity contribution in [3.8, 4) is 5.69 Å². The summed E-state index contributed by atoms with van der Waals surface area (Å²) in [6, 6.07) is 32.6. The summed E-state index contributed by atoms with van der Waals surface area (Å²) in [4.78, 5) is 5.08. The summed E-state index contributed by atoms with van der Waals surface area (Å²) in [7, 11) is 0. The zero-order chi connectivity index (χ0) is 21.4.